The van der Waals surface area contributed by atoms with Crippen molar-refractivity contribution in [3.63, 3.8) is 0 Å². The van der Waals surface area contributed by atoms with E-state index in [9.17, 15) is 35.7 Å². The van der Waals surface area contributed by atoms with Gasteiger partial charge in [-0.3, -0.25) is 0 Å². The lowest BCUT2D eigenvalue weighted by Crippen LogP contribution is -2.65. The molecule has 3 rings (SSSR count). The second-order valence-corrected chi connectivity index (χ2v) is 8.41. The number of ether oxygens (including phenoxy) is 6. The van der Waals surface area contributed by atoms with Crippen LogP contribution in [-0.2, 0) is 28.4 Å². The molecule has 0 aromatic heterocycles. The Labute approximate surface area is 185 Å². The van der Waals surface area contributed by atoms with E-state index in [1.807, 2.05) is 0 Å². The minimum absolute atomic E-state index is 0.00730. The van der Waals surface area contributed by atoms with Crippen molar-refractivity contribution in [3.8, 4) is 0 Å². The van der Waals surface area contributed by atoms with Crippen molar-refractivity contribution in [1.29, 1.82) is 0 Å². The first-order valence-corrected chi connectivity index (χ1v) is 10.6. The molecule has 3 heterocycles. The lowest BCUT2D eigenvalue weighted by molar-refractivity contribution is -0.382. The van der Waals surface area contributed by atoms with Crippen LogP contribution in [0.3, 0.4) is 0 Å². The number of aliphatic hydroxyl groups excluding tert-OH is 7. The number of hydrogen-bond donors (Lipinski definition) is 7. The van der Waals surface area contributed by atoms with Gasteiger partial charge in [-0.25, -0.2) is 0 Å². The van der Waals surface area contributed by atoms with E-state index in [1.165, 1.54) is 7.11 Å². The molecule has 32 heavy (non-hydrogen) atoms. The Morgan fingerprint density at radius 3 is 1.94 bits per heavy atom. The number of hydrogen-bond acceptors (Lipinski definition) is 13. The van der Waals surface area contributed by atoms with Gasteiger partial charge in [0.1, 0.15) is 48.8 Å². The zero-order valence-corrected chi connectivity index (χ0v) is 18.1. The van der Waals surface area contributed by atoms with E-state index in [0.717, 1.165) is 0 Å². The first-order chi connectivity index (χ1) is 15.1. The van der Waals surface area contributed by atoms with Crippen LogP contribution in [0.1, 0.15) is 20.3 Å². The fraction of sp³-hybridized carbons (Fsp3) is 1.00. The van der Waals surface area contributed by atoms with Crippen molar-refractivity contribution in [2.24, 2.45) is 0 Å². The number of aliphatic hydroxyl groups is 7. The van der Waals surface area contributed by atoms with Gasteiger partial charge in [0.15, 0.2) is 18.9 Å². The molecule has 3 aliphatic heterocycles. The molecule has 7 N–H and O–H groups in total. The van der Waals surface area contributed by atoms with E-state index in [0.29, 0.717) is 0 Å². The smallest absolute Gasteiger partial charge is 0.187 e. The summed E-state index contributed by atoms with van der Waals surface area (Å²) in [6, 6.07) is 0. The minimum Gasteiger partial charge on any atom is -0.394 e. The summed E-state index contributed by atoms with van der Waals surface area (Å²) < 4.78 is 33.5. The summed E-state index contributed by atoms with van der Waals surface area (Å²) in [5.41, 5.74) is 0. The van der Waals surface area contributed by atoms with E-state index in [1.54, 1.807) is 13.8 Å². The quantitative estimate of drug-likeness (QED) is 0.199. The lowest BCUT2D eigenvalue weighted by atomic mass is 9.97. The molecule has 3 saturated heterocycles. The van der Waals surface area contributed by atoms with Gasteiger partial charge < -0.3 is 64.2 Å². The second kappa shape index (κ2) is 10.8. The predicted octanol–water partition coefficient (Wildman–Crippen LogP) is -3.83. The van der Waals surface area contributed by atoms with Crippen molar-refractivity contribution < 1.29 is 64.2 Å². The molecule has 14 atom stereocenters. The third-order valence-corrected chi connectivity index (χ3v) is 6.11. The van der Waals surface area contributed by atoms with Gasteiger partial charge >= 0.3 is 0 Å². The largest absolute Gasteiger partial charge is 0.394 e. The fourth-order valence-corrected chi connectivity index (χ4v) is 4.03. The van der Waals surface area contributed by atoms with Crippen molar-refractivity contribution in [2.75, 3.05) is 13.7 Å². The van der Waals surface area contributed by atoms with Crippen LogP contribution in [0.5, 0.6) is 0 Å². The topological polar surface area (TPSA) is 197 Å². The minimum atomic E-state index is -1.70. The van der Waals surface area contributed by atoms with E-state index in [-0.39, 0.29) is 6.42 Å². The van der Waals surface area contributed by atoms with Crippen LogP contribution in [0, 0.1) is 0 Å². The lowest BCUT2D eigenvalue weighted by Gasteiger charge is -2.48. The molecule has 0 unspecified atom stereocenters. The highest BCUT2D eigenvalue weighted by Gasteiger charge is 2.52. The molecular weight excluding hydrogens is 436 g/mol. The predicted molar refractivity (Wildman–Crippen MR) is 102 cm³/mol. The standard InChI is InChI=1S/C19H34O13/c1-6-8(21)4-9(22)17(28-6)31-15-11(23)7(2)29-19(27-3)16(15)32-18-14(26)13(25)12(24)10(5-20)30-18/h6-26H,4-5H2,1-3H3/t6-,7-,8-,9-,10-,11-,12+,13+,14-,15+,16+,17-,18-,19+/m1/s1. The Morgan fingerprint density at radius 2 is 1.31 bits per heavy atom. The first kappa shape index (κ1) is 26.1. The molecule has 0 bridgehead atoms. The van der Waals surface area contributed by atoms with Crippen LogP contribution in [0.15, 0.2) is 0 Å². The Morgan fingerprint density at radius 1 is 0.688 bits per heavy atom. The van der Waals surface area contributed by atoms with E-state index < -0.39 is 92.6 Å². The zero-order chi connectivity index (χ0) is 23.7. The second-order valence-electron chi connectivity index (χ2n) is 8.41. The maximum atomic E-state index is 10.7. The Bertz CT molecular complexity index is 594. The molecule has 188 valence electrons. The van der Waals surface area contributed by atoms with E-state index in [4.69, 9.17) is 28.4 Å². The highest BCUT2D eigenvalue weighted by molar-refractivity contribution is 4.94. The first-order valence-electron chi connectivity index (χ1n) is 10.6. The highest BCUT2D eigenvalue weighted by Crippen LogP contribution is 2.33. The average Bonchev–Trinajstić information content (AvgIpc) is 2.76. The third-order valence-electron chi connectivity index (χ3n) is 6.11. The van der Waals surface area contributed by atoms with Gasteiger partial charge in [-0.1, -0.05) is 0 Å². The zero-order valence-electron chi connectivity index (χ0n) is 18.1. The SMILES string of the molecule is CO[C@H]1O[C@H](C)[C@@H](O)[C@H](O[C@H]2O[C@H](C)[C@H](O)C[C@H]2O)[C@@H]1O[C@H]1O[C@H](CO)[C@H](O)[C@H](O)[C@H]1O. The summed E-state index contributed by atoms with van der Waals surface area (Å²) in [7, 11) is 1.32. The maximum Gasteiger partial charge on any atom is 0.187 e. The van der Waals surface area contributed by atoms with Gasteiger partial charge in [0.05, 0.1) is 24.9 Å². The average molecular weight is 470 g/mol. The molecule has 0 aliphatic carbocycles. The molecule has 13 heteroatoms. The Hall–Kier alpha value is -0.520. The fourth-order valence-electron chi connectivity index (χ4n) is 4.03. The third kappa shape index (κ3) is 5.25. The van der Waals surface area contributed by atoms with Crippen LogP contribution in [-0.4, -0.2) is 135 Å². The van der Waals surface area contributed by atoms with Crippen molar-refractivity contribution in [3.05, 3.63) is 0 Å². The highest BCUT2D eigenvalue weighted by atomic mass is 16.8. The van der Waals surface area contributed by atoms with Gasteiger partial charge in [0.25, 0.3) is 0 Å². The maximum absolute atomic E-state index is 10.7. The summed E-state index contributed by atoms with van der Waals surface area (Å²) >= 11 is 0. The Kier molecular flexibility index (Phi) is 8.82. The summed E-state index contributed by atoms with van der Waals surface area (Å²) in [5, 5.41) is 70.6. The van der Waals surface area contributed by atoms with E-state index in [2.05, 4.69) is 0 Å². The summed E-state index contributed by atoms with van der Waals surface area (Å²) in [5.74, 6) is 0. The van der Waals surface area contributed by atoms with Crippen LogP contribution in [0.4, 0.5) is 0 Å². The normalized spacial score (nSPS) is 52.7. The summed E-state index contributed by atoms with van der Waals surface area (Å²) in [6.07, 6.45) is -17.3. The molecule has 0 aromatic rings. The molecule has 0 radical (unpaired) electrons. The molecule has 0 spiro atoms. The summed E-state index contributed by atoms with van der Waals surface area (Å²) in [4.78, 5) is 0. The monoisotopic (exact) mass is 470 g/mol. The van der Waals surface area contributed by atoms with Crippen molar-refractivity contribution in [1.82, 2.24) is 0 Å². The molecule has 0 aromatic carbocycles. The van der Waals surface area contributed by atoms with Crippen molar-refractivity contribution in [2.45, 2.75) is 106 Å². The van der Waals surface area contributed by atoms with Gasteiger partial charge in [-0.05, 0) is 13.8 Å². The van der Waals surface area contributed by atoms with E-state index >= 15 is 0 Å². The van der Waals surface area contributed by atoms with Gasteiger partial charge in [0, 0.05) is 13.5 Å². The number of rotatable bonds is 6. The van der Waals surface area contributed by atoms with Gasteiger partial charge in [-0.15, -0.1) is 0 Å². The number of methoxy groups -OCH3 is 1. The van der Waals surface area contributed by atoms with Crippen LogP contribution in [0.2, 0.25) is 0 Å². The molecular formula is C19H34O13. The van der Waals surface area contributed by atoms with Gasteiger partial charge in [-0.2, -0.15) is 0 Å². The molecule has 13 nitrogen and oxygen atoms in total. The molecule has 0 amide bonds. The molecule has 3 aliphatic rings. The molecule has 0 saturated carbocycles. The Balaban J connectivity index is 1.81. The summed E-state index contributed by atoms with van der Waals surface area (Å²) in [6.45, 7) is 2.53. The van der Waals surface area contributed by atoms with Crippen LogP contribution >= 0.6 is 0 Å². The van der Waals surface area contributed by atoms with Gasteiger partial charge in [0.2, 0.25) is 0 Å². The van der Waals surface area contributed by atoms with Crippen LogP contribution < -0.4 is 0 Å². The van der Waals surface area contributed by atoms with Crippen molar-refractivity contribution >= 4 is 0 Å². The van der Waals surface area contributed by atoms with Crippen LogP contribution in [0.25, 0.3) is 0 Å². The molecule has 3 fully saturated rings.